The summed E-state index contributed by atoms with van der Waals surface area (Å²) in [7, 11) is 0. The van der Waals surface area contributed by atoms with E-state index in [4.69, 9.17) is 0 Å². The lowest BCUT2D eigenvalue weighted by molar-refractivity contribution is -0.124. The van der Waals surface area contributed by atoms with Gasteiger partial charge in [-0.25, -0.2) is 0 Å². The van der Waals surface area contributed by atoms with E-state index in [1.54, 1.807) is 0 Å². The lowest BCUT2D eigenvalue weighted by Crippen LogP contribution is -2.04. The lowest BCUT2D eigenvalue weighted by atomic mass is 10.0. The second-order valence-corrected chi connectivity index (χ2v) is 5.91. The molecule has 0 amide bonds. The van der Waals surface area contributed by atoms with Crippen molar-refractivity contribution in [1.82, 2.24) is 0 Å². The summed E-state index contributed by atoms with van der Waals surface area (Å²) < 4.78 is 0. The van der Waals surface area contributed by atoms with Crippen molar-refractivity contribution >= 4 is 11.6 Å². The van der Waals surface area contributed by atoms with Crippen molar-refractivity contribution in [2.24, 2.45) is 0 Å². The Labute approximate surface area is 125 Å². The summed E-state index contributed by atoms with van der Waals surface area (Å²) in [5.74, 6) is 0.550. The molecule has 2 heteroatoms. The van der Waals surface area contributed by atoms with E-state index in [1.807, 2.05) is 0 Å². The predicted molar refractivity (Wildman–Crippen MR) is 86.0 cm³/mol. The average molecular weight is 282 g/mol. The molecule has 0 aliphatic carbocycles. The van der Waals surface area contributed by atoms with Crippen LogP contribution in [-0.2, 0) is 9.59 Å². The van der Waals surface area contributed by atoms with Gasteiger partial charge in [0.1, 0.15) is 11.6 Å². The molecule has 0 aliphatic rings. The molecule has 20 heavy (non-hydrogen) atoms. The third kappa shape index (κ3) is 13.8. The van der Waals surface area contributed by atoms with Gasteiger partial charge in [-0.05, 0) is 12.8 Å². The van der Waals surface area contributed by atoms with Gasteiger partial charge in [-0.15, -0.1) is 0 Å². The largest absolute Gasteiger partial charge is 0.300 e. The van der Waals surface area contributed by atoms with Crippen LogP contribution in [0.1, 0.15) is 104 Å². The number of Topliss-reactive ketones (excluding diaryl/α,β-unsaturated/α-hetero) is 2. The third-order valence-electron chi connectivity index (χ3n) is 3.80. The van der Waals surface area contributed by atoms with Crippen LogP contribution < -0.4 is 0 Å². The molecule has 0 atom stereocenters. The van der Waals surface area contributed by atoms with E-state index in [0.29, 0.717) is 25.7 Å². The summed E-state index contributed by atoms with van der Waals surface area (Å²) in [6.45, 7) is 4.36. The van der Waals surface area contributed by atoms with Gasteiger partial charge >= 0.3 is 0 Å². The van der Waals surface area contributed by atoms with Crippen LogP contribution in [0.2, 0.25) is 0 Å². The summed E-state index contributed by atoms with van der Waals surface area (Å²) in [6.07, 6.45) is 14.2. The standard InChI is InChI=1S/C18H34O2/c1-3-5-7-8-9-10-12-14-18(20)16-15-17(19)13-11-6-4-2/h3-16H2,1-2H3. The molecule has 118 valence electrons. The quantitative estimate of drug-likeness (QED) is 0.365. The number of hydrogen-bond acceptors (Lipinski definition) is 2. The third-order valence-corrected chi connectivity index (χ3v) is 3.80. The molecule has 0 aromatic rings. The fraction of sp³-hybridized carbons (Fsp3) is 0.889. The highest BCUT2D eigenvalue weighted by Crippen LogP contribution is 2.10. The molecule has 0 aliphatic heterocycles. The Morgan fingerprint density at radius 1 is 0.500 bits per heavy atom. The van der Waals surface area contributed by atoms with Crippen molar-refractivity contribution in [3.63, 3.8) is 0 Å². The smallest absolute Gasteiger partial charge is 0.133 e. The first-order chi connectivity index (χ1) is 9.70. The number of hydrogen-bond donors (Lipinski definition) is 0. The van der Waals surface area contributed by atoms with Crippen LogP contribution in [0.25, 0.3) is 0 Å². The molecule has 0 bridgehead atoms. The van der Waals surface area contributed by atoms with E-state index in [0.717, 1.165) is 25.7 Å². The molecule has 0 rings (SSSR count). The van der Waals surface area contributed by atoms with E-state index >= 15 is 0 Å². The Morgan fingerprint density at radius 2 is 0.850 bits per heavy atom. The van der Waals surface area contributed by atoms with E-state index in [9.17, 15) is 9.59 Å². The maximum Gasteiger partial charge on any atom is 0.133 e. The second kappa shape index (κ2) is 14.7. The zero-order valence-corrected chi connectivity index (χ0v) is 13.7. The molecule has 0 heterocycles. The molecule has 2 nitrogen and oxygen atoms in total. The first-order valence-electron chi connectivity index (χ1n) is 8.74. The molecular formula is C18H34O2. The number of rotatable bonds is 15. The minimum Gasteiger partial charge on any atom is -0.300 e. The molecule has 0 fully saturated rings. The second-order valence-electron chi connectivity index (χ2n) is 5.91. The summed E-state index contributed by atoms with van der Waals surface area (Å²) >= 11 is 0. The van der Waals surface area contributed by atoms with Crippen LogP contribution in [0.4, 0.5) is 0 Å². The Hall–Kier alpha value is -0.660. The Kier molecular flexibility index (Phi) is 14.3. The molecule has 0 unspecified atom stereocenters. The normalized spacial score (nSPS) is 10.7. The number of carbonyl (C=O) groups excluding carboxylic acids is 2. The van der Waals surface area contributed by atoms with Gasteiger partial charge in [-0.1, -0.05) is 65.2 Å². The van der Waals surface area contributed by atoms with E-state index in [1.165, 1.54) is 38.5 Å². The van der Waals surface area contributed by atoms with Crippen LogP contribution in [0.5, 0.6) is 0 Å². The average Bonchev–Trinajstić information content (AvgIpc) is 2.44. The van der Waals surface area contributed by atoms with E-state index < -0.39 is 0 Å². The summed E-state index contributed by atoms with van der Waals surface area (Å²) in [6, 6.07) is 0. The number of ketones is 2. The van der Waals surface area contributed by atoms with Gasteiger partial charge in [-0.3, -0.25) is 9.59 Å². The first kappa shape index (κ1) is 19.3. The highest BCUT2D eigenvalue weighted by Gasteiger charge is 2.06. The molecule has 0 aromatic carbocycles. The Bertz CT molecular complexity index is 246. The van der Waals surface area contributed by atoms with Gasteiger partial charge in [0.05, 0.1) is 0 Å². The molecule has 0 N–H and O–H groups in total. The topological polar surface area (TPSA) is 34.1 Å². The first-order valence-corrected chi connectivity index (χ1v) is 8.74. The minimum absolute atomic E-state index is 0.270. The maximum atomic E-state index is 11.7. The molecule has 0 spiro atoms. The highest BCUT2D eigenvalue weighted by molar-refractivity contribution is 5.85. The predicted octanol–water partition coefficient (Wildman–Crippen LogP) is 5.63. The van der Waals surface area contributed by atoms with Crippen molar-refractivity contribution in [3.05, 3.63) is 0 Å². The Morgan fingerprint density at radius 3 is 1.35 bits per heavy atom. The maximum absolute atomic E-state index is 11.7. The lowest BCUT2D eigenvalue weighted by Gasteiger charge is -2.02. The van der Waals surface area contributed by atoms with Gasteiger partial charge in [0.25, 0.3) is 0 Å². The van der Waals surface area contributed by atoms with E-state index in [2.05, 4.69) is 13.8 Å². The van der Waals surface area contributed by atoms with Crippen LogP contribution in [0.3, 0.4) is 0 Å². The van der Waals surface area contributed by atoms with Crippen LogP contribution in [0, 0.1) is 0 Å². The molecule has 0 saturated heterocycles. The van der Waals surface area contributed by atoms with Crippen LogP contribution in [-0.4, -0.2) is 11.6 Å². The molecule has 0 radical (unpaired) electrons. The van der Waals surface area contributed by atoms with Crippen molar-refractivity contribution in [2.45, 2.75) is 104 Å². The zero-order chi connectivity index (χ0) is 15.1. The van der Waals surface area contributed by atoms with Gasteiger partial charge < -0.3 is 0 Å². The molecular weight excluding hydrogens is 248 g/mol. The zero-order valence-electron chi connectivity index (χ0n) is 13.7. The Balaban J connectivity index is 3.34. The van der Waals surface area contributed by atoms with Crippen LogP contribution in [0.15, 0.2) is 0 Å². The fourth-order valence-corrected chi connectivity index (χ4v) is 2.38. The minimum atomic E-state index is 0.270. The molecule has 0 aromatic heterocycles. The highest BCUT2D eigenvalue weighted by atomic mass is 16.1. The van der Waals surface area contributed by atoms with Gasteiger partial charge in [0, 0.05) is 25.7 Å². The number of unbranched alkanes of at least 4 members (excludes halogenated alkanes) is 8. The SMILES string of the molecule is CCCCCCCCCC(=O)CCC(=O)CCCCC. The summed E-state index contributed by atoms with van der Waals surface area (Å²) in [5, 5.41) is 0. The van der Waals surface area contributed by atoms with Crippen LogP contribution >= 0.6 is 0 Å². The number of carbonyl (C=O) groups is 2. The van der Waals surface area contributed by atoms with Crippen molar-refractivity contribution in [3.8, 4) is 0 Å². The molecule has 0 saturated carbocycles. The van der Waals surface area contributed by atoms with Crippen molar-refractivity contribution < 1.29 is 9.59 Å². The van der Waals surface area contributed by atoms with Gasteiger partial charge in [0.2, 0.25) is 0 Å². The summed E-state index contributed by atoms with van der Waals surface area (Å²) in [4.78, 5) is 23.2. The van der Waals surface area contributed by atoms with E-state index in [-0.39, 0.29) is 11.6 Å². The van der Waals surface area contributed by atoms with Crippen molar-refractivity contribution in [2.75, 3.05) is 0 Å². The van der Waals surface area contributed by atoms with Gasteiger partial charge in [0.15, 0.2) is 0 Å². The fourth-order valence-electron chi connectivity index (χ4n) is 2.38. The van der Waals surface area contributed by atoms with Gasteiger partial charge in [-0.2, -0.15) is 0 Å². The van der Waals surface area contributed by atoms with Crippen molar-refractivity contribution in [1.29, 1.82) is 0 Å². The summed E-state index contributed by atoms with van der Waals surface area (Å²) in [5.41, 5.74) is 0. The monoisotopic (exact) mass is 282 g/mol.